The fraction of sp³-hybridized carbons (Fsp3) is 0.524. The van der Waals surface area contributed by atoms with Gasteiger partial charge in [-0.3, -0.25) is 4.79 Å². The van der Waals surface area contributed by atoms with Crippen molar-refractivity contribution in [2.24, 2.45) is 0 Å². The Kier molecular flexibility index (Phi) is 5.22. The maximum Gasteiger partial charge on any atom is 0.257 e. The SMILES string of the molecule is Cc1cc(CN(C)C(=O)c2cc(C(C)(C)C)cc(C(C)(C)C)c2O)no1. The third-order valence-electron chi connectivity index (χ3n) is 4.44. The van der Waals surface area contributed by atoms with Gasteiger partial charge in [0.2, 0.25) is 0 Å². The molecule has 2 aromatic rings. The van der Waals surface area contributed by atoms with E-state index in [-0.39, 0.29) is 22.5 Å². The minimum absolute atomic E-state index is 0.0543. The second-order valence-electron chi connectivity index (χ2n) is 9.01. The average Bonchev–Trinajstić information content (AvgIpc) is 2.89. The molecule has 1 amide bonds. The van der Waals surface area contributed by atoms with Crippen molar-refractivity contribution in [3.05, 3.63) is 46.3 Å². The van der Waals surface area contributed by atoms with Crippen LogP contribution in [0.3, 0.4) is 0 Å². The first-order valence-corrected chi connectivity index (χ1v) is 8.86. The molecular weight excluding hydrogens is 328 g/mol. The van der Waals surface area contributed by atoms with E-state index in [1.165, 1.54) is 0 Å². The third kappa shape index (κ3) is 4.26. The second kappa shape index (κ2) is 6.78. The van der Waals surface area contributed by atoms with Crippen LogP contribution in [0.5, 0.6) is 5.75 Å². The zero-order valence-corrected chi connectivity index (χ0v) is 17.1. The fourth-order valence-electron chi connectivity index (χ4n) is 2.82. The lowest BCUT2D eigenvalue weighted by Crippen LogP contribution is -2.28. The van der Waals surface area contributed by atoms with Crippen molar-refractivity contribution >= 4 is 5.91 Å². The monoisotopic (exact) mass is 358 g/mol. The molecule has 0 radical (unpaired) electrons. The number of nitrogens with zero attached hydrogens (tertiary/aromatic N) is 2. The Bertz CT molecular complexity index is 808. The van der Waals surface area contributed by atoms with Crippen LogP contribution < -0.4 is 0 Å². The fourth-order valence-corrected chi connectivity index (χ4v) is 2.82. The van der Waals surface area contributed by atoms with Crippen molar-refractivity contribution in [2.75, 3.05) is 7.05 Å². The van der Waals surface area contributed by atoms with Gasteiger partial charge in [-0.25, -0.2) is 0 Å². The van der Waals surface area contributed by atoms with Crippen LogP contribution in [0.2, 0.25) is 0 Å². The Hall–Kier alpha value is -2.30. The zero-order valence-electron chi connectivity index (χ0n) is 17.1. The normalized spacial score (nSPS) is 12.3. The van der Waals surface area contributed by atoms with Crippen LogP contribution in [0.4, 0.5) is 0 Å². The molecule has 0 aliphatic carbocycles. The largest absolute Gasteiger partial charge is 0.507 e. The molecule has 1 heterocycles. The first-order valence-electron chi connectivity index (χ1n) is 8.86. The number of aromatic hydroxyl groups is 1. The first kappa shape index (κ1) is 20.0. The number of hydrogen-bond donors (Lipinski definition) is 1. The number of amides is 1. The molecule has 1 aromatic heterocycles. The standard InChI is InChI=1S/C21H30N2O3/c1-13-9-15(22-26-13)12-23(8)19(25)16-10-14(20(2,3)4)11-17(18(16)24)21(5,6)7/h9-11,24H,12H2,1-8H3. The minimum Gasteiger partial charge on any atom is -0.507 e. The van der Waals surface area contributed by atoms with E-state index in [9.17, 15) is 9.90 Å². The molecule has 0 aliphatic rings. The molecular formula is C21H30N2O3. The highest BCUT2D eigenvalue weighted by molar-refractivity contribution is 5.97. The Morgan fingerprint density at radius 2 is 1.73 bits per heavy atom. The summed E-state index contributed by atoms with van der Waals surface area (Å²) in [5.74, 6) is 0.520. The van der Waals surface area contributed by atoms with Crippen LogP contribution in [-0.4, -0.2) is 28.1 Å². The number of phenolic OH excluding ortho intramolecular Hbond substituents is 1. The van der Waals surface area contributed by atoms with Gasteiger partial charge in [-0.2, -0.15) is 0 Å². The van der Waals surface area contributed by atoms with E-state index < -0.39 is 0 Å². The summed E-state index contributed by atoms with van der Waals surface area (Å²) >= 11 is 0. The van der Waals surface area contributed by atoms with E-state index in [4.69, 9.17) is 4.52 Å². The van der Waals surface area contributed by atoms with Crippen LogP contribution >= 0.6 is 0 Å². The van der Waals surface area contributed by atoms with E-state index in [2.05, 4.69) is 25.9 Å². The van der Waals surface area contributed by atoms with Gasteiger partial charge < -0.3 is 14.5 Å². The smallest absolute Gasteiger partial charge is 0.257 e. The highest BCUT2D eigenvalue weighted by Crippen LogP contribution is 2.38. The predicted octanol–water partition coefficient (Wildman–Crippen LogP) is 4.56. The maximum absolute atomic E-state index is 13.0. The summed E-state index contributed by atoms with van der Waals surface area (Å²) in [4.78, 5) is 14.6. The van der Waals surface area contributed by atoms with Gasteiger partial charge in [-0.05, 0) is 29.4 Å². The summed E-state index contributed by atoms with van der Waals surface area (Å²) in [5.41, 5.74) is 2.39. The predicted molar refractivity (Wildman–Crippen MR) is 103 cm³/mol. The average molecular weight is 358 g/mol. The first-order chi connectivity index (χ1) is 11.8. The van der Waals surface area contributed by atoms with E-state index >= 15 is 0 Å². The van der Waals surface area contributed by atoms with Crippen molar-refractivity contribution in [3.63, 3.8) is 0 Å². The molecule has 0 aliphatic heterocycles. The molecule has 0 atom stereocenters. The molecule has 0 unspecified atom stereocenters. The van der Waals surface area contributed by atoms with Crippen molar-refractivity contribution in [3.8, 4) is 5.75 Å². The molecule has 1 aromatic carbocycles. The number of rotatable bonds is 3. The molecule has 0 saturated carbocycles. The second-order valence-corrected chi connectivity index (χ2v) is 9.01. The number of aromatic nitrogens is 1. The van der Waals surface area contributed by atoms with Gasteiger partial charge in [0, 0.05) is 18.7 Å². The van der Waals surface area contributed by atoms with Crippen molar-refractivity contribution in [1.29, 1.82) is 0 Å². The molecule has 0 fully saturated rings. The number of phenols is 1. The van der Waals surface area contributed by atoms with Crippen molar-refractivity contribution in [2.45, 2.75) is 65.8 Å². The highest BCUT2D eigenvalue weighted by Gasteiger charge is 2.28. The van der Waals surface area contributed by atoms with Crippen LogP contribution in [0.1, 0.15) is 74.5 Å². The van der Waals surface area contributed by atoms with Gasteiger partial charge in [0.25, 0.3) is 5.91 Å². The number of carbonyl (C=O) groups is 1. The molecule has 5 nitrogen and oxygen atoms in total. The van der Waals surface area contributed by atoms with Gasteiger partial charge in [0.1, 0.15) is 17.2 Å². The van der Waals surface area contributed by atoms with Crippen molar-refractivity contribution in [1.82, 2.24) is 10.1 Å². The zero-order chi connectivity index (χ0) is 19.9. The number of carbonyl (C=O) groups excluding carboxylic acids is 1. The van der Waals surface area contributed by atoms with E-state index in [0.29, 0.717) is 23.6 Å². The third-order valence-corrected chi connectivity index (χ3v) is 4.44. The van der Waals surface area contributed by atoms with Gasteiger partial charge in [0.05, 0.1) is 12.1 Å². The van der Waals surface area contributed by atoms with Crippen LogP contribution in [-0.2, 0) is 17.4 Å². The van der Waals surface area contributed by atoms with Gasteiger partial charge in [0.15, 0.2) is 0 Å². The Morgan fingerprint density at radius 3 is 2.19 bits per heavy atom. The highest BCUT2D eigenvalue weighted by atomic mass is 16.5. The Balaban J connectivity index is 2.47. The lowest BCUT2D eigenvalue weighted by Gasteiger charge is -2.28. The molecule has 5 heteroatoms. The lowest BCUT2D eigenvalue weighted by atomic mass is 9.78. The Labute approximate surface area is 156 Å². The topological polar surface area (TPSA) is 66.6 Å². The lowest BCUT2D eigenvalue weighted by molar-refractivity contribution is 0.0778. The molecule has 1 N–H and O–H groups in total. The minimum atomic E-state index is -0.276. The van der Waals surface area contributed by atoms with Crippen LogP contribution in [0, 0.1) is 6.92 Å². The molecule has 142 valence electrons. The van der Waals surface area contributed by atoms with Gasteiger partial charge >= 0.3 is 0 Å². The van der Waals surface area contributed by atoms with E-state index in [1.54, 1.807) is 24.1 Å². The quantitative estimate of drug-likeness (QED) is 0.874. The molecule has 26 heavy (non-hydrogen) atoms. The summed E-state index contributed by atoms with van der Waals surface area (Å²) in [7, 11) is 1.70. The van der Waals surface area contributed by atoms with E-state index in [1.807, 2.05) is 33.8 Å². The molecule has 0 bridgehead atoms. The summed E-state index contributed by atoms with van der Waals surface area (Å²) in [6.07, 6.45) is 0. The molecule has 0 spiro atoms. The summed E-state index contributed by atoms with van der Waals surface area (Å²) < 4.78 is 5.06. The number of aryl methyl sites for hydroxylation is 1. The summed E-state index contributed by atoms with van der Waals surface area (Å²) in [6.45, 7) is 14.5. The van der Waals surface area contributed by atoms with Gasteiger partial charge in [-0.15, -0.1) is 0 Å². The summed E-state index contributed by atoms with van der Waals surface area (Å²) in [5, 5.41) is 14.8. The van der Waals surface area contributed by atoms with E-state index in [0.717, 1.165) is 11.1 Å². The Morgan fingerprint density at radius 1 is 1.12 bits per heavy atom. The van der Waals surface area contributed by atoms with Crippen LogP contribution in [0.15, 0.2) is 22.7 Å². The molecule has 0 saturated heterocycles. The maximum atomic E-state index is 13.0. The number of hydrogen-bond acceptors (Lipinski definition) is 4. The summed E-state index contributed by atoms with van der Waals surface area (Å²) in [6, 6.07) is 5.61. The van der Waals surface area contributed by atoms with Crippen LogP contribution in [0.25, 0.3) is 0 Å². The number of benzene rings is 1. The van der Waals surface area contributed by atoms with Gasteiger partial charge in [-0.1, -0.05) is 52.8 Å². The molecule has 2 rings (SSSR count). The van der Waals surface area contributed by atoms with Crippen molar-refractivity contribution < 1.29 is 14.4 Å².